The Bertz CT molecular complexity index is 487. The first-order valence-corrected chi connectivity index (χ1v) is 5.33. The fourth-order valence-corrected chi connectivity index (χ4v) is 1.59. The molecule has 0 saturated carbocycles. The molecule has 19 heavy (non-hydrogen) atoms. The van der Waals surface area contributed by atoms with E-state index in [0.29, 0.717) is 0 Å². The maximum absolute atomic E-state index is 13.4. The van der Waals surface area contributed by atoms with Gasteiger partial charge in [-0.15, -0.1) is 0 Å². The Morgan fingerprint density at radius 1 is 1.37 bits per heavy atom. The molecule has 2 atom stereocenters. The van der Waals surface area contributed by atoms with Gasteiger partial charge in [0.15, 0.2) is 0 Å². The van der Waals surface area contributed by atoms with E-state index in [1.165, 1.54) is 6.07 Å². The zero-order valence-corrected chi connectivity index (χ0v) is 10.0. The quantitative estimate of drug-likeness (QED) is 0.673. The number of hydrogen-bond donors (Lipinski definition) is 3. The van der Waals surface area contributed by atoms with Crippen LogP contribution in [0.25, 0.3) is 0 Å². The van der Waals surface area contributed by atoms with Gasteiger partial charge in [-0.05, 0) is 6.07 Å². The van der Waals surface area contributed by atoms with Crippen LogP contribution in [-0.4, -0.2) is 40.5 Å². The van der Waals surface area contributed by atoms with E-state index in [2.05, 4.69) is 4.74 Å². The van der Waals surface area contributed by atoms with E-state index in [0.717, 1.165) is 19.2 Å². The molecule has 1 aromatic rings. The van der Waals surface area contributed by atoms with Crippen molar-refractivity contribution in [3.63, 3.8) is 0 Å². The fraction of sp³-hybridized carbons (Fsp3) is 0.333. The number of carbonyl (C=O) groups excluding carboxylic acids is 1. The number of carboxylic acid groups (broad SMARTS) is 1. The minimum Gasteiger partial charge on any atom is -0.478 e. The lowest BCUT2D eigenvalue weighted by atomic mass is 9.96. The molecule has 1 rings (SSSR count). The van der Waals surface area contributed by atoms with Crippen molar-refractivity contribution in [1.82, 2.24) is 0 Å². The number of aromatic carboxylic acids is 1. The number of ether oxygens (including phenoxy) is 1. The minimum absolute atomic E-state index is 0.302. The predicted octanol–water partition coefficient (Wildman–Crippen LogP) is 0.481. The zero-order valence-electron chi connectivity index (χ0n) is 10.0. The highest BCUT2D eigenvalue weighted by atomic mass is 19.1. The SMILES string of the molecule is COC(=O)CC(O)C(O)c1cccc(F)c1C(=O)O. The molecule has 3 N–H and O–H groups in total. The number of esters is 1. The van der Waals surface area contributed by atoms with E-state index in [4.69, 9.17) is 5.11 Å². The molecule has 0 fully saturated rings. The Balaban J connectivity index is 3.05. The Labute approximate surface area is 108 Å². The van der Waals surface area contributed by atoms with Crippen molar-refractivity contribution in [3.05, 3.63) is 35.1 Å². The average Bonchev–Trinajstić information content (AvgIpc) is 2.36. The highest BCUT2D eigenvalue weighted by Crippen LogP contribution is 2.25. The summed E-state index contributed by atoms with van der Waals surface area (Å²) in [4.78, 5) is 21.9. The van der Waals surface area contributed by atoms with Crippen LogP contribution in [0.2, 0.25) is 0 Å². The third kappa shape index (κ3) is 3.49. The molecular weight excluding hydrogens is 259 g/mol. The lowest BCUT2D eigenvalue weighted by molar-refractivity contribution is -0.144. The lowest BCUT2D eigenvalue weighted by Crippen LogP contribution is -2.24. The standard InChI is InChI=1S/C12H13FO6/c1-19-9(15)5-8(14)11(16)6-3-2-4-7(13)10(6)12(17)18/h2-4,8,11,14,16H,5H2,1H3,(H,17,18). The van der Waals surface area contributed by atoms with Crippen LogP contribution >= 0.6 is 0 Å². The maximum atomic E-state index is 13.4. The molecule has 0 aliphatic carbocycles. The Kier molecular flexibility index (Phi) is 4.96. The molecule has 6 nitrogen and oxygen atoms in total. The van der Waals surface area contributed by atoms with Crippen molar-refractivity contribution in [3.8, 4) is 0 Å². The monoisotopic (exact) mass is 272 g/mol. The van der Waals surface area contributed by atoms with E-state index < -0.39 is 41.9 Å². The Morgan fingerprint density at radius 3 is 2.53 bits per heavy atom. The van der Waals surface area contributed by atoms with Crippen molar-refractivity contribution in [2.24, 2.45) is 0 Å². The molecule has 0 aliphatic heterocycles. The van der Waals surface area contributed by atoms with E-state index in [1.54, 1.807) is 0 Å². The smallest absolute Gasteiger partial charge is 0.339 e. The molecule has 0 spiro atoms. The molecule has 2 unspecified atom stereocenters. The predicted molar refractivity (Wildman–Crippen MR) is 61.0 cm³/mol. The van der Waals surface area contributed by atoms with Crippen LogP contribution in [-0.2, 0) is 9.53 Å². The average molecular weight is 272 g/mol. The van der Waals surface area contributed by atoms with Crippen LogP contribution in [0.1, 0.15) is 28.4 Å². The summed E-state index contributed by atoms with van der Waals surface area (Å²) < 4.78 is 17.7. The van der Waals surface area contributed by atoms with Crippen molar-refractivity contribution in [2.45, 2.75) is 18.6 Å². The number of carboxylic acids is 1. The molecule has 104 valence electrons. The van der Waals surface area contributed by atoms with Gasteiger partial charge < -0.3 is 20.1 Å². The number of benzene rings is 1. The molecule has 0 amide bonds. The molecule has 0 bridgehead atoms. The van der Waals surface area contributed by atoms with E-state index in [-0.39, 0.29) is 5.56 Å². The summed E-state index contributed by atoms with van der Waals surface area (Å²) in [6.45, 7) is 0. The maximum Gasteiger partial charge on any atom is 0.339 e. The Hall–Kier alpha value is -1.99. The summed E-state index contributed by atoms with van der Waals surface area (Å²) in [5, 5.41) is 28.3. The fourth-order valence-electron chi connectivity index (χ4n) is 1.59. The van der Waals surface area contributed by atoms with Gasteiger partial charge in [-0.25, -0.2) is 9.18 Å². The van der Waals surface area contributed by atoms with Crippen molar-refractivity contribution in [1.29, 1.82) is 0 Å². The van der Waals surface area contributed by atoms with Gasteiger partial charge in [0.05, 0.1) is 19.6 Å². The molecule has 7 heteroatoms. The molecule has 0 aliphatic rings. The molecule has 1 aromatic carbocycles. The van der Waals surface area contributed by atoms with Crippen LogP contribution < -0.4 is 0 Å². The summed E-state index contributed by atoms with van der Waals surface area (Å²) >= 11 is 0. The first-order chi connectivity index (χ1) is 8.88. The molecule has 0 saturated heterocycles. The van der Waals surface area contributed by atoms with Gasteiger partial charge >= 0.3 is 11.9 Å². The lowest BCUT2D eigenvalue weighted by Gasteiger charge is -2.19. The van der Waals surface area contributed by atoms with Gasteiger partial charge in [0.2, 0.25) is 0 Å². The van der Waals surface area contributed by atoms with Crippen molar-refractivity contribution < 1.29 is 34.0 Å². The van der Waals surface area contributed by atoms with Crippen LogP contribution in [0.3, 0.4) is 0 Å². The number of rotatable bonds is 5. The first kappa shape index (κ1) is 15.1. The number of hydrogen-bond acceptors (Lipinski definition) is 5. The first-order valence-electron chi connectivity index (χ1n) is 5.33. The summed E-state index contributed by atoms with van der Waals surface area (Å²) in [5.41, 5.74) is -1.04. The van der Waals surface area contributed by atoms with Gasteiger partial charge in [-0.2, -0.15) is 0 Å². The number of aliphatic hydroxyl groups excluding tert-OH is 2. The Morgan fingerprint density at radius 2 is 2.00 bits per heavy atom. The molecule has 0 radical (unpaired) electrons. The van der Waals surface area contributed by atoms with Crippen LogP contribution in [0.15, 0.2) is 18.2 Å². The van der Waals surface area contributed by atoms with E-state index >= 15 is 0 Å². The summed E-state index contributed by atoms with van der Waals surface area (Å²) in [5.74, 6) is -3.38. The van der Waals surface area contributed by atoms with Crippen LogP contribution in [0.5, 0.6) is 0 Å². The van der Waals surface area contributed by atoms with E-state index in [1.807, 2.05) is 0 Å². The normalized spacial score (nSPS) is 13.7. The second-order valence-corrected chi connectivity index (χ2v) is 3.80. The van der Waals surface area contributed by atoms with Gasteiger partial charge in [0.25, 0.3) is 0 Å². The minimum atomic E-state index is -1.71. The zero-order chi connectivity index (χ0) is 14.6. The summed E-state index contributed by atoms with van der Waals surface area (Å²) in [6, 6.07) is 3.29. The van der Waals surface area contributed by atoms with Crippen LogP contribution in [0.4, 0.5) is 4.39 Å². The van der Waals surface area contributed by atoms with Crippen molar-refractivity contribution in [2.75, 3.05) is 7.11 Å². The number of aliphatic hydroxyl groups is 2. The molecule has 0 heterocycles. The molecule has 0 aromatic heterocycles. The van der Waals surface area contributed by atoms with Gasteiger partial charge in [0.1, 0.15) is 17.5 Å². The van der Waals surface area contributed by atoms with Gasteiger partial charge in [-0.1, -0.05) is 12.1 Å². The highest BCUT2D eigenvalue weighted by molar-refractivity contribution is 5.90. The second kappa shape index (κ2) is 6.26. The number of carbonyl (C=O) groups is 2. The van der Waals surface area contributed by atoms with Gasteiger partial charge in [0, 0.05) is 5.56 Å². The van der Waals surface area contributed by atoms with Crippen molar-refractivity contribution >= 4 is 11.9 Å². The third-order valence-electron chi connectivity index (χ3n) is 2.55. The number of methoxy groups -OCH3 is 1. The second-order valence-electron chi connectivity index (χ2n) is 3.80. The molecular formula is C12H13FO6. The summed E-state index contributed by atoms with van der Waals surface area (Å²) in [6.07, 6.45) is -3.83. The topological polar surface area (TPSA) is 104 Å². The van der Waals surface area contributed by atoms with Gasteiger partial charge in [-0.3, -0.25) is 4.79 Å². The third-order valence-corrected chi connectivity index (χ3v) is 2.55. The van der Waals surface area contributed by atoms with E-state index in [9.17, 15) is 24.2 Å². The highest BCUT2D eigenvalue weighted by Gasteiger charge is 2.27. The van der Waals surface area contributed by atoms with Crippen LogP contribution in [0, 0.1) is 5.82 Å². The summed E-state index contributed by atoms with van der Waals surface area (Å²) in [7, 11) is 1.10. The largest absolute Gasteiger partial charge is 0.478 e. The number of halogens is 1.